The first kappa shape index (κ1) is 43.8. The van der Waals surface area contributed by atoms with Crippen molar-refractivity contribution in [3.05, 3.63) is 148 Å². The molecule has 1 aliphatic rings. The molecule has 4 aromatic rings. The molecule has 0 spiro atoms. The second kappa shape index (κ2) is 25.5. The topological polar surface area (TPSA) is 65.8 Å². The minimum Gasteiger partial charge on any atom is -0.508 e. The van der Waals surface area contributed by atoms with E-state index in [4.69, 9.17) is 10.2 Å². The van der Waals surface area contributed by atoms with Crippen molar-refractivity contribution < 1.29 is 31.4 Å². The Bertz CT molecular complexity index is 1680. The first-order chi connectivity index (χ1) is 24.9. The van der Waals surface area contributed by atoms with Crippen LogP contribution in [0, 0.1) is 11.8 Å². The molecule has 0 saturated heterocycles. The Balaban J connectivity index is 0.000000514. The predicted molar refractivity (Wildman–Crippen MR) is 215 cm³/mol. The molecule has 5 rings (SSSR count). The van der Waals surface area contributed by atoms with Crippen LogP contribution in [-0.4, -0.2) is 14.9 Å². The largest absolute Gasteiger partial charge is 0.508 e. The number of phenols is 2. The van der Waals surface area contributed by atoms with Gasteiger partial charge in [0, 0.05) is 33.2 Å². The number of hydrogen-bond donors (Lipinski definition) is 2. The van der Waals surface area contributed by atoms with Gasteiger partial charge in [0.05, 0.1) is 0 Å². The quantitative estimate of drug-likeness (QED) is 0.0551. The van der Waals surface area contributed by atoms with Crippen LogP contribution in [0.1, 0.15) is 121 Å². The van der Waals surface area contributed by atoms with Crippen LogP contribution in [0.3, 0.4) is 0 Å². The first-order valence-electron chi connectivity index (χ1n) is 19.0. The summed E-state index contributed by atoms with van der Waals surface area (Å²) < 4.78 is 1.42. The van der Waals surface area contributed by atoms with E-state index in [2.05, 4.69) is 81.1 Å². The molecule has 0 bridgehead atoms. The summed E-state index contributed by atoms with van der Waals surface area (Å²) in [5.41, 5.74) is 20.3. The minimum atomic E-state index is 0. The second-order valence-corrected chi connectivity index (χ2v) is 13.0. The van der Waals surface area contributed by atoms with Gasteiger partial charge in [0.2, 0.25) is 11.4 Å². The number of hydrogen-bond acceptors (Lipinski definition) is 2. The maximum Gasteiger partial charge on any atom is 0.223 e. The first-order valence-corrected chi connectivity index (χ1v) is 19.0. The average Bonchev–Trinajstić information content (AvgIpc) is 3.43. The van der Waals surface area contributed by atoms with E-state index in [0.717, 1.165) is 53.8 Å². The fraction of sp³-hybridized carbons (Fsp3) is 0.362. The molecule has 52 heavy (non-hydrogen) atoms. The summed E-state index contributed by atoms with van der Waals surface area (Å²) in [6, 6.07) is 34.9. The van der Waals surface area contributed by atoms with Crippen molar-refractivity contribution in [2.24, 2.45) is 0 Å². The number of phenolic OH excluding ortho intramolecular Hbond substituents is 2. The molecule has 0 unspecified atom stereocenters. The van der Waals surface area contributed by atoms with Gasteiger partial charge in [-0.3, -0.25) is 0 Å². The number of para-hydroxylation sites is 2. The van der Waals surface area contributed by atoms with E-state index in [1.807, 2.05) is 19.1 Å². The van der Waals surface area contributed by atoms with E-state index in [-0.39, 0.29) is 16.5 Å². The zero-order valence-electron chi connectivity index (χ0n) is 31.7. The number of rotatable bonds is 15. The normalized spacial score (nSPS) is 11.8. The number of nitrogens with zero attached hydrogens (tertiary/aromatic N) is 2. The predicted octanol–water partition coefficient (Wildman–Crippen LogP) is 13.1. The van der Waals surface area contributed by atoms with E-state index >= 15 is 0 Å². The summed E-state index contributed by atoms with van der Waals surface area (Å²) >= 11 is 0. The van der Waals surface area contributed by atoms with Crippen LogP contribution in [0.5, 0.6) is 11.5 Å². The number of allylic oxidation sites excluding steroid dienone is 2. The smallest absolute Gasteiger partial charge is 0.223 e. The third-order valence-electron chi connectivity index (χ3n) is 8.88. The Morgan fingerprint density at radius 1 is 0.519 bits per heavy atom. The van der Waals surface area contributed by atoms with Gasteiger partial charge < -0.3 is 15.7 Å². The summed E-state index contributed by atoms with van der Waals surface area (Å²) in [4.78, 5) is 0. The monoisotopic (exact) mass is 740 g/mol. The zero-order valence-corrected chi connectivity index (χ0v) is 32.7. The molecular formula is C47H58N2NiO2. The number of unbranched alkanes of at least 4 members (excludes halogenated alkanes) is 7. The summed E-state index contributed by atoms with van der Waals surface area (Å²) in [6.45, 7) is 8.61. The Hall–Kier alpha value is -4.39. The van der Waals surface area contributed by atoms with E-state index in [1.165, 1.54) is 79.2 Å². The van der Waals surface area contributed by atoms with Gasteiger partial charge in [-0.1, -0.05) is 132 Å². The van der Waals surface area contributed by atoms with E-state index in [1.54, 1.807) is 48.5 Å². The van der Waals surface area contributed by atoms with Crippen molar-refractivity contribution >= 4 is 11.4 Å². The van der Waals surface area contributed by atoms with E-state index in [9.17, 15) is 5.53 Å². The van der Waals surface area contributed by atoms with Gasteiger partial charge >= 0.3 is 0 Å². The van der Waals surface area contributed by atoms with Crippen molar-refractivity contribution in [1.29, 1.82) is 0 Å². The van der Waals surface area contributed by atoms with Crippen molar-refractivity contribution in [3.63, 3.8) is 0 Å². The van der Waals surface area contributed by atoms with Crippen LogP contribution in [0.15, 0.2) is 120 Å². The van der Waals surface area contributed by atoms with Gasteiger partial charge in [-0.05, 0) is 105 Å². The van der Waals surface area contributed by atoms with Crippen LogP contribution in [0.2, 0.25) is 0 Å². The SMILES string of the molecule is CC#CC1=C(c2ccc(CCCC)cc2)[N+](=[N-])C(c2ccc(CCCC)cc2)=C1CCCCCCCC.Oc1ccccc1.Oc1ccccc1.[Ni]. The molecule has 5 heteroatoms. The molecule has 278 valence electrons. The summed E-state index contributed by atoms with van der Waals surface area (Å²) in [5, 5.41) is 17.3. The molecule has 0 aliphatic carbocycles. The number of benzene rings is 4. The molecule has 0 atom stereocenters. The Morgan fingerprint density at radius 2 is 0.942 bits per heavy atom. The van der Waals surface area contributed by atoms with Gasteiger partial charge in [-0.25, -0.2) is 4.70 Å². The summed E-state index contributed by atoms with van der Waals surface area (Å²) in [5.74, 6) is 7.18. The van der Waals surface area contributed by atoms with Crippen molar-refractivity contribution in [1.82, 2.24) is 0 Å². The summed E-state index contributed by atoms with van der Waals surface area (Å²) in [6.07, 6.45) is 15.4. The van der Waals surface area contributed by atoms with Crippen LogP contribution >= 0.6 is 0 Å². The molecule has 2 N–H and O–H groups in total. The number of aromatic hydroxyl groups is 2. The van der Waals surface area contributed by atoms with Crippen LogP contribution in [0.25, 0.3) is 16.9 Å². The Labute approximate surface area is 324 Å². The zero-order chi connectivity index (χ0) is 36.7. The van der Waals surface area contributed by atoms with Gasteiger partial charge in [-0.2, -0.15) is 0 Å². The summed E-state index contributed by atoms with van der Waals surface area (Å²) in [7, 11) is 0. The van der Waals surface area contributed by atoms with Crippen LogP contribution in [0.4, 0.5) is 0 Å². The van der Waals surface area contributed by atoms with Gasteiger partial charge in [0.1, 0.15) is 17.1 Å². The molecule has 0 amide bonds. The Kier molecular flexibility index (Phi) is 21.5. The minimum absolute atomic E-state index is 0. The molecule has 0 aromatic heterocycles. The number of aryl methyl sites for hydroxylation is 2. The molecule has 0 saturated carbocycles. The van der Waals surface area contributed by atoms with Crippen LogP contribution < -0.4 is 0 Å². The van der Waals surface area contributed by atoms with E-state index < -0.39 is 0 Å². The molecule has 0 fully saturated rings. The molecule has 0 radical (unpaired) electrons. The standard InChI is InChI=1S/C35H46N2.2C6H6O.Ni/c1-5-9-12-13-14-15-19-33-32(16-8-4)34(30-24-20-28(21-25-30)17-10-6-2)37(36)35(33)31-26-22-29(23-27-31)18-11-7-3;2*7-6-4-2-1-3-5-6;/h20-27H,5-7,9-15,17-19H2,1-4H3;2*1-5,7H;. The van der Waals surface area contributed by atoms with E-state index in [0.29, 0.717) is 11.5 Å². The van der Waals surface area contributed by atoms with Crippen molar-refractivity contribution in [2.75, 3.05) is 0 Å². The van der Waals surface area contributed by atoms with Crippen LogP contribution in [-0.2, 0) is 29.3 Å². The fourth-order valence-electron chi connectivity index (χ4n) is 6.03. The molecule has 4 nitrogen and oxygen atoms in total. The van der Waals surface area contributed by atoms with Gasteiger partial charge in [0.15, 0.2) is 0 Å². The van der Waals surface area contributed by atoms with Gasteiger partial charge in [0.25, 0.3) is 0 Å². The third-order valence-corrected chi connectivity index (χ3v) is 8.88. The van der Waals surface area contributed by atoms with Crippen molar-refractivity contribution in [3.8, 4) is 23.3 Å². The molecular weight excluding hydrogens is 683 g/mol. The van der Waals surface area contributed by atoms with Crippen molar-refractivity contribution in [2.45, 2.75) is 111 Å². The third kappa shape index (κ3) is 14.7. The molecule has 1 heterocycles. The maximum absolute atomic E-state index is 11.7. The second-order valence-electron chi connectivity index (χ2n) is 13.0. The van der Waals surface area contributed by atoms with Gasteiger partial charge in [-0.15, -0.1) is 5.92 Å². The molecule has 4 aromatic carbocycles. The average molecular weight is 742 g/mol. The Morgan fingerprint density at radius 3 is 1.35 bits per heavy atom. The molecule has 1 aliphatic heterocycles. The maximum atomic E-state index is 11.7. The fourth-order valence-corrected chi connectivity index (χ4v) is 6.03.